The monoisotopic (exact) mass is 664 g/mol. The second-order valence-electron chi connectivity index (χ2n) is 10.4. The predicted octanol–water partition coefficient (Wildman–Crippen LogP) is 1.93. The van der Waals surface area contributed by atoms with Crippen LogP contribution in [0.1, 0.15) is 20.8 Å². The first kappa shape index (κ1) is 41.9. The number of rotatable bonds is 33. The lowest BCUT2D eigenvalue weighted by Gasteiger charge is -2.19. The Morgan fingerprint density at radius 1 is 0.478 bits per heavy atom. The van der Waals surface area contributed by atoms with Crippen LogP contribution in [0.3, 0.4) is 0 Å². The molecule has 0 radical (unpaired) electrons. The third kappa shape index (κ3) is 29.3. The first-order valence-electron chi connectivity index (χ1n) is 15.8. The van der Waals surface area contributed by atoms with Gasteiger partial charge in [-0.25, -0.2) is 4.79 Å². The summed E-state index contributed by atoms with van der Waals surface area (Å²) in [5.41, 5.74) is -0.515. The molecule has 46 heavy (non-hydrogen) atoms. The molecule has 0 aliphatic heterocycles. The lowest BCUT2D eigenvalue weighted by molar-refractivity contribution is -0.160. The van der Waals surface area contributed by atoms with Crippen LogP contribution in [0.25, 0.3) is 0 Å². The minimum atomic E-state index is -0.515. The number of hydrogen-bond acceptors (Lipinski definition) is 14. The zero-order valence-corrected chi connectivity index (χ0v) is 27.9. The first-order valence-corrected chi connectivity index (χ1v) is 15.8. The fraction of sp³-hybridized carbons (Fsp3) is 0.781. The minimum Gasteiger partial charge on any atom is -0.491 e. The molecule has 0 amide bonds. The van der Waals surface area contributed by atoms with Crippen LogP contribution >= 0.6 is 0 Å². The highest BCUT2D eigenvalue weighted by Crippen LogP contribution is 2.17. The highest BCUT2D eigenvalue weighted by Gasteiger charge is 2.15. The van der Waals surface area contributed by atoms with E-state index < -0.39 is 11.6 Å². The van der Waals surface area contributed by atoms with Gasteiger partial charge in [0.05, 0.1) is 119 Å². The van der Waals surface area contributed by atoms with Gasteiger partial charge in [-0.15, -0.1) is 0 Å². The third-order valence-corrected chi connectivity index (χ3v) is 5.30. The summed E-state index contributed by atoms with van der Waals surface area (Å²) < 4.78 is 64.9. The lowest BCUT2D eigenvalue weighted by atomic mass is 10.2. The number of ether oxygens (including phenoxy) is 12. The van der Waals surface area contributed by atoms with Crippen LogP contribution in [0.4, 0.5) is 0 Å². The van der Waals surface area contributed by atoms with Gasteiger partial charge in [0.25, 0.3) is 0 Å². The molecule has 0 aliphatic rings. The average molecular weight is 665 g/mol. The van der Waals surface area contributed by atoms with Gasteiger partial charge in [-0.3, -0.25) is 0 Å². The summed E-state index contributed by atoms with van der Waals surface area (Å²) in [7, 11) is 0. The van der Waals surface area contributed by atoms with Gasteiger partial charge in [-0.2, -0.15) is 0 Å². The number of carbonyl (C=O) groups excluding carboxylic acids is 1. The largest absolute Gasteiger partial charge is 0.491 e. The SMILES string of the molecule is CC(C)(C)OC(=O)COCCOCCOCCOCCOCCOc1ccc(OCCOCCOCCOCCOCCO)cc1. The fourth-order valence-electron chi connectivity index (χ4n) is 3.30. The molecule has 0 atom stereocenters. The molecule has 0 aliphatic carbocycles. The molecule has 14 nitrogen and oxygen atoms in total. The molecular formula is C32H56O14. The number of hydrogen-bond donors (Lipinski definition) is 1. The summed E-state index contributed by atoms with van der Waals surface area (Å²) in [4.78, 5) is 11.5. The molecule has 0 unspecified atom stereocenters. The van der Waals surface area contributed by atoms with Gasteiger partial charge in [0.1, 0.15) is 36.9 Å². The molecule has 0 aromatic heterocycles. The second kappa shape index (κ2) is 30.2. The summed E-state index contributed by atoms with van der Waals surface area (Å²) >= 11 is 0. The average Bonchev–Trinajstić information content (AvgIpc) is 3.02. The molecule has 1 aromatic rings. The van der Waals surface area contributed by atoms with Crippen LogP contribution in [0, 0.1) is 0 Å². The van der Waals surface area contributed by atoms with Crippen molar-refractivity contribution in [2.45, 2.75) is 26.4 Å². The summed E-state index contributed by atoms with van der Waals surface area (Å²) in [5, 5.41) is 8.59. The summed E-state index contributed by atoms with van der Waals surface area (Å²) in [6, 6.07) is 7.39. The zero-order chi connectivity index (χ0) is 33.4. The van der Waals surface area contributed by atoms with E-state index >= 15 is 0 Å². The van der Waals surface area contributed by atoms with Gasteiger partial charge in [0, 0.05) is 0 Å². The Hall–Kier alpha value is -2.11. The summed E-state index contributed by atoms with van der Waals surface area (Å²) in [6.45, 7) is 13.8. The van der Waals surface area contributed by atoms with Crippen LogP contribution < -0.4 is 9.47 Å². The Kier molecular flexibility index (Phi) is 27.6. The first-order chi connectivity index (χ1) is 22.4. The number of aliphatic hydroxyl groups is 1. The van der Waals surface area contributed by atoms with Crippen LogP contribution in [0.2, 0.25) is 0 Å². The quantitative estimate of drug-likeness (QED) is 0.0862. The Morgan fingerprint density at radius 2 is 0.761 bits per heavy atom. The van der Waals surface area contributed by atoms with Crippen molar-refractivity contribution in [1.29, 1.82) is 0 Å². The van der Waals surface area contributed by atoms with E-state index in [1.54, 1.807) is 0 Å². The second-order valence-corrected chi connectivity index (χ2v) is 10.4. The van der Waals surface area contributed by atoms with Crippen molar-refractivity contribution in [1.82, 2.24) is 0 Å². The zero-order valence-electron chi connectivity index (χ0n) is 27.9. The molecule has 0 bridgehead atoms. The van der Waals surface area contributed by atoms with Crippen LogP contribution in [-0.4, -0.2) is 155 Å². The van der Waals surface area contributed by atoms with Gasteiger partial charge in [0.15, 0.2) is 0 Å². The van der Waals surface area contributed by atoms with E-state index in [9.17, 15) is 4.79 Å². The molecule has 268 valence electrons. The van der Waals surface area contributed by atoms with Crippen molar-refractivity contribution in [3.63, 3.8) is 0 Å². The van der Waals surface area contributed by atoms with E-state index in [-0.39, 0.29) is 13.2 Å². The maximum absolute atomic E-state index is 11.5. The Bertz CT molecular complexity index is 803. The van der Waals surface area contributed by atoms with Crippen molar-refractivity contribution >= 4 is 5.97 Å². The normalized spacial score (nSPS) is 11.6. The molecule has 0 fully saturated rings. The van der Waals surface area contributed by atoms with E-state index in [2.05, 4.69) is 0 Å². The van der Waals surface area contributed by atoms with Gasteiger partial charge in [0.2, 0.25) is 0 Å². The predicted molar refractivity (Wildman–Crippen MR) is 168 cm³/mol. The number of carbonyl (C=O) groups is 1. The molecule has 0 spiro atoms. The smallest absolute Gasteiger partial charge is 0.332 e. The molecule has 14 heteroatoms. The summed E-state index contributed by atoms with van der Waals surface area (Å²) in [5.74, 6) is 1.08. The molecule has 1 aromatic carbocycles. The third-order valence-electron chi connectivity index (χ3n) is 5.30. The molecule has 1 rings (SSSR count). The van der Waals surface area contributed by atoms with Crippen molar-refractivity contribution in [3.8, 4) is 11.5 Å². The van der Waals surface area contributed by atoms with Gasteiger partial charge in [-0.05, 0) is 45.0 Å². The number of benzene rings is 1. The summed E-state index contributed by atoms with van der Waals surface area (Å²) in [6.07, 6.45) is 0. The topological polar surface area (TPSA) is 148 Å². The van der Waals surface area contributed by atoms with Crippen LogP contribution in [0.15, 0.2) is 24.3 Å². The van der Waals surface area contributed by atoms with Gasteiger partial charge < -0.3 is 61.9 Å². The van der Waals surface area contributed by atoms with Crippen molar-refractivity contribution < 1.29 is 66.7 Å². The Balaban J connectivity index is 1.81. The Labute approximate surface area is 273 Å². The number of esters is 1. The Morgan fingerprint density at radius 3 is 1.07 bits per heavy atom. The molecule has 0 heterocycles. The van der Waals surface area contributed by atoms with E-state index in [1.807, 2.05) is 45.0 Å². The van der Waals surface area contributed by atoms with E-state index in [0.717, 1.165) is 11.5 Å². The molecule has 0 saturated heterocycles. The van der Waals surface area contributed by atoms with Crippen molar-refractivity contribution in [3.05, 3.63) is 24.3 Å². The highest BCUT2D eigenvalue weighted by atomic mass is 16.6. The van der Waals surface area contributed by atoms with Crippen molar-refractivity contribution in [2.75, 3.05) is 139 Å². The van der Waals surface area contributed by atoms with Crippen LogP contribution in [0.5, 0.6) is 11.5 Å². The fourth-order valence-corrected chi connectivity index (χ4v) is 3.30. The maximum Gasteiger partial charge on any atom is 0.332 e. The standard InChI is InChI=1S/C32H56O14/c1-32(2,3)46-31(34)28-43-23-22-40-17-16-37-14-15-39-19-21-42-25-27-45-30-6-4-29(5-7-30)44-26-24-41-20-18-38-13-12-36-11-10-35-9-8-33/h4-7,33H,8-28H2,1-3H3. The molecular weight excluding hydrogens is 608 g/mol. The van der Waals surface area contributed by atoms with E-state index in [4.69, 9.17) is 61.9 Å². The number of aliphatic hydroxyl groups excluding tert-OH is 1. The van der Waals surface area contributed by atoms with Crippen LogP contribution in [-0.2, 0) is 52.2 Å². The molecule has 0 saturated carbocycles. The van der Waals surface area contributed by atoms with E-state index in [0.29, 0.717) is 126 Å². The van der Waals surface area contributed by atoms with Gasteiger partial charge >= 0.3 is 5.97 Å². The van der Waals surface area contributed by atoms with E-state index in [1.165, 1.54) is 0 Å². The van der Waals surface area contributed by atoms with Crippen molar-refractivity contribution in [2.24, 2.45) is 0 Å². The molecule has 1 N–H and O–H groups in total. The highest BCUT2D eigenvalue weighted by molar-refractivity contribution is 5.71. The van der Waals surface area contributed by atoms with Gasteiger partial charge in [-0.1, -0.05) is 0 Å². The maximum atomic E-state index is 11.5. The minimum absolute atomic E-state index is 0.0183. The lowest BCUT2D eigenvalue weighted by Crippen LogP contribution is -2.27.